The van der Waals surface area contributed by atoms with Crippen LogP contribution in [0.1, 0.15) is 11.1 Å². The molecule has 0 radical (unpaired) electrons. The third kappa shape index (κ3) is 4.32. The lowest BCUT2D eigenvalue weighted by Crippen LogP contribution is -2.14. The minimum Gasteiger partial charge on any atom is -0.504 e. The maximum Gasteiger partial charge on any atom is 0.266 e. The van der Waals surface area contributed by atoms with E-state index in [0.29, 0.717) is 26.3 Å². The Kier molecular flexibility index (Phi) is 6.07. The van der Waals surface area contributed by atoms with E-state index in [1.807, 2.05) is 6.07 Å². The van der Waals surface area contributed by atoms with Crippen LogP contribution >= 0.6 is 27.5 Å². The first-order chi connectivity index (χ1) is 11.9. The fraction of sp³-hybridized carbons (Fsp3) is 0.111. The number of phenols is 1. The van der Waals surface area contributed by atoms with Crippen LogP contribution in [0.25, 0.3) is 6.08 Å². The second kappa shape index (κ2) is 8.06. The Morgan fingerprint density at radius 3 is 2.80 bits per heavy atom. The number of methoxy groups -OCH3 is 1. The van der Waals surface area contributed by atoms with Crippen LogP contribution in [0.4, 0.5) is 5.69 Å². The molecule has 0 aliphatic carbocycles. The largest absolute Gasteiger partial charge is 0.504 e. The van der Waals surface area contributed by atoms with E-state index in [4.69, 9.17) is 16.3 Å². The highest BCUT2D eigenvalue weighted by Gasteiger charge is 2.14. The summed E-state index contributed by atoms with van der Waals surface area (Å²) in [4.78, 5) is 12.4. The van der Waals surface area contributed by atoms with Crippen molar-refractivity contribution in [2.24, 2.45) is 0 Å². The first-order valence-electron chi connectivity index (χ1n) is 7.12. The second-order valence-electron chi connectivity index (χ2n) is 5.08. The number of nitriles is 1. The van der Waals surface area contributed by atoms with Gasteiger partial charge in [-0.25, -0.2) is 0 Å². The van der Waals surface area contributed by atoms with Crippen LogP contribution in [0.5, 0.6) is 11.5 Å². The number of nitrogens with one attached hydrogen (secondary N) is 1. The van der Waals surface area contributed by atoms with Crippen molar-refractivity contribution in [1.29, 1.82) is 5.26 Å². The molecule has 0 unspecified atom stereocenters. The van der Waals surface area contributed by atoms with E-state index < -0.39 is 5.91 Å². The Morgan fingerprint density at radius 2 is 2.16 bits per heavy atom. The summed E-state index contributed by atoms with van der Waals surface area (Å²) in [5.41, 5.74) is 1.65. The molecular weight excluding hydrogens is 408 g/mol. The number of ether oxygens (including phenoxy) is 1. The number of nitrogens with zero attached hydrogens (tertiary/aromatic N) is 1. The van der Waals surface area contributed by atoms with Gasteiger partial charge in [-0.2, -0.15) is 5.26 Å². The van der Waals surface area contributed by atoms with Crippen molar-refractivity contribution in [3.8, 4) is 17.6 Å². The highest BCUT2D eigenvalue weighted by molar-refractivity contribution is 9.10. The first kappa shape index (κ1) is 18.8. The Morgan fingerprint density at radius 1 is 1.44 bits per heavy atom. The van der Waals surface area contributed by atoms with Gasteiger partial charge in [0, 0.05) is 15.2 Å². The van der Waals surface area contributed by atoms with Crippen molar-refractivity contribution in [1.82, 2.24) is 0 Å². The van der Waals surface area contributed by atoms with Gasteiger partial charge < -0.3 is 15.2 Å². The fourth-order valence-electron chi connectivity index (χ4n) is 2.07. The minimum atomic E-state index is -0.563. The Hall–Kier alpha value is -2.49. The van der Waals surface area contributed by atoms with E-state index in [-0.39, 0.29) is 17.1 Å². The summed E-state index contributed by atoms with van der Waals surface area (Å²) in [5.74, 6) is -0.381. The van der Waals surface area contributed by atoms with Crippen LogP contribution < -0.4 is 10.1 Å². The number of halogens is 2. The van der Waals surface area contributed by atoms with Crippen molar-refractivity contribution in [3.63, 3.8) is 0 Å². The van der Waals surface area contributed by atoms with E-state index in [1.54, 1.807) is 25.1 Å². The summed E-state index contributed by atoms with van der Waals surface area (Å²) in [6, 6.07) is 9.96. The zero-order valence-electron chi connectivity index (χ0n) is 13.4. The first-order valence-corrected chi connectivity index (χ1v) is 8.29. The molecule has 7 heteroatoms. The fourth-order valence-corrected chi connectivity index (χ4v) is 2.69. The monoisotopic (exact) mass is 420 g/mol. The van der Waals surface area contributed by atoms with E-state index in [2.05, 4.69) is 21.2 Å². The lowest BCUT2D eigenvalue weighted by Gasteiger charge is -2.10. The van der Waals surface area contributed by atoms with Crippen LogP contribution in [-0.2, 0) is 4.79 Å². The minimum absolute atomic E-state index is 0.0518. The number of hydrogen-bond donors (Lipinski definition) is 2. The van der Waals surface area contributed by atoms with E-state index in [1.165, 1.54) is 25.3 Å². The second-order valence-corrected chi connectivity index (χ2v) is 6.34. The molecule has 0 heterocycles. The summed E-state index contributed by atoms with van der Waals surface area (Å²) in [6.07, 6.45) is 1.40. The quantitative estimate of drug-likeness (QED) is 0.555. The number of rotatable bonds is 4. The topological polar surface area (TPSA) is 82.3 Å². The van der Waals surface area contributed by atoms with Gasteiger partial charge in [0.1, 0.15) is 11.6 Å². The predicted molar refractivity (Wildman–Crippen MR) is 101 cm³/mol. The molecule has 2 rings (SSSR count). The number of carbonyl (C=O) groups excluding carboxylic acids is 1. The molecule has 0 bridgehead atoms. The highest BCUT2D eigenvalue weighted by atomic mass is 79.9. The molecule has 0 aliphatic heterocycles. The van der Waals surface area contributed by atoms with E-state index in [9.17, 15) is 15.2 Å². The van der Waals surface area contributed by atoms with Gasteiger partial charge in [-0.15, -0.1) is 0 Å². The number of phenolic OH excluding ortho intramolecular Hbond substituents is 1. The molecule has 0 aromatic heterocycles. The molecule has 25 heavy (non-hydrogen) atoms. The number of hydrogen-bond acceptors (Lipinski definition) is 4. The van der Waals surface area contributed by atoms with Crippen molar-refractivity contribution in [3.05, 3.63) is 56.5 Å². The third-order valence-electron chi connectivity index (χ3n) is 3.48. The molecule has 1 amide bonds. The third-order valence-corrected chi connectivity index (χ3v) is 4.58. The SMILES string of the molecule is COc1cc(C=C(C#N)C(=O)Nc2cccc(Cl)c2C)c(Br)cc1O. The molecule has 2 N–H and O–H groups in total. The molecule has 2 aromatic rings. The molecule has 0 saturated heterocycles. The van der Waals surface area contributed by atoms with Crippen LogP contribution in [0.15, 0.2) is 40.4 Å². The normalized spacial score (nSPS) is 10.9. The van der Waals surface area contributed by atoms with Gasteiger partial charge in [-0.1, -0.05) is 33.6 Å². The number of benzene rings is 2. The number of amides is 1. The average molecular weight is 422 g/mol. The maximum atomic E-state index is 12.4. The zero-order valence-corrected chi connectivity index (χ0v) is 15.8. The van der Waals surface area contributed by atoms with Gasteiger partial charge in [0.2, 0.25) is 0 Å². The Balaban J connectivity index is 2.36. The summed E-state index contributed by atoms with van der Waals surface area (Å²) in [6.45, 7) is 1.77. The van der Waals surface area contributed by atoms with Crippen molar-refractivity contribution in [2.75, 3.05) is 12.4 Å². The smallest absolute Gasteiger partial charge is 0.266 e. The maximum absolute atomic E-state index is 12.4. The zero-order chi connectivity index (χ0) is 18.6. The average Bonchev–Trinajstić information content (AvgIpc) is 2.58. The van der Waals surface area contributed by atoms with Crippen molar-refractivity contribution >= 4 is 45.2 Å². The standard InChI is InChI=1S/C18H14BrClN2O3/c1-10-14(20)4-3-5-15(10)22-18(24)12(9-21)6-11-7-17(25-2)16(23)8-13(11)19/h3-8,23H,1-2H3,(H,22,24). The van der Waals surface area contributed by atoms with Gasteiger partial charge in [-0.05, 0) is 48.4 Å². The number of aromatic hydroxyl groups is 1. The molecular formula is C18H14BrClN2O3. The lowest BCUT2D eigenvalue weighted by molar-refractivity contribution is -0.112. The van der Waals surface area contributed by atoms with Crippen molar-refractivity contribution < 1.29 is 14.6 Å². The number of carbonyl (C=O) groups is 1. The number of anilines is 1. The molecule has 5 nitrogen and oxygen atoms in total. The molecule has 0 fully saturated rings. The van der Waals surface area contributed by atoms with Crippen LogP contribution in [0.3, 0.4) is 0 Å². The van der Waals surface area contributed by atoms with Gasteiger partial charge in [0.05, 0.1) is 7.11 Å². The Labute approximate surface area is 158 Å². The molecule has 0 spiro atoms. The highest BCUT2D eigenvalue weighted by Crippen LogP contribution is 2.33. The predicted octanol–water partition coefficient (Wildman–Crippen LogP) is 4.67. The van der Waals surface area contributed by atoms with E-state index >= 15 is 0 Å². The Bertz CT molecular complexity index is 904. The van der Waals surface area contributed by atoms with Crippen LogP contribution in [-0.4, -0.2) is 18.1 Å². The van der Waals surface area contributed by atoms with Gasteiger partial charge in [-0.3, -0.25) is 4.79 Å². The summed E-state index contributed by atoms with van der Waals surface area (Å²) in [7, 11) is 1.41. The summed E-state index contributed by atoms with van der Waals surface area (Å²) >= 11 is 9.32. The van der Waals surface area contributed by atoms with Gasteiger partial charge in [0.25, 0.3) is 5.91 Å². The molecule has 2 aromatic carbocycles. The summed E-state index contributed by atoms with van der Waals surface area (Å²) in [5, 5.41) is 22.3. The van der Waals surface area contributed by atoms with Crippen LogP contribution in [0, 0.1) is 18.3 Å². The molecule has 128 valence electrons. The molecule has 0 saturated carbocycles. The summed E-state index contributed by atoms with van der Waals surface area (Å²) < 4.78 is 5.56. The van der Waals surface area contributed by atoms with E-state index in [0.717, 1.165) is 0 Å². The van der Waals surface area contributed by atoms with Gasteiger partial charge >= 0.3 is 0 Å². The lowest BCUT2D eigenvalue weighted by atomic mass is 10.1. The van der Waals surface area contributed by atoms with Crippen LogP contribution in [0.2, 0.25) is 5.02 Å². The molecule has 0 aliphatic rings. The van der Waals surface area contributed by atoms with Crippen molar-refractivity contribution in [2.45, 2.75) is 6.92 Å². The molecule has 0 atom stereocenters. The van der Waals surface area contributed by atoms with Gasteiger partial charge in [0.15, 0.2) is 11.5 Å².